The van der Waals surface area contributed by atoms with Gasteiger partial charge in [0, 0.05) is 19.2 Å². The van der Waals surface area contributed by atoms with Crippen molar-refractivity contribution >= 4 is 12.0 Å². The molecule has 1 N–H and O–H groups in total. The molecule has 0 unspecified atom stereocenters. The first kappa shape index (κ1) is 18.4. The van der Waals surface area contributed by atoms with Crippen LogP contribution in [0.3, 0.4) is 0 Å². The lowest BCUT2D eigenvalue weighted by Crippen LogP contribution is -2.34. The van der Waals surface area contributed by atoms with Crippen molar-refractivity contribution in [3.8, 4) is 0 Å². The average Bonchev–Trinajstić information content (AvgIpc) is 2.69. The summed E-state index contributed by atoms with van der Waals surface area (Å²) in [7, 11) is 0. The standard InChI is InChI=1S/C23H28N2O/c26-23(12-11-20-7-3-1-4-8-20)24-16-13-21-14-17-25(18-15-21)19-22-9-5-2-6-10-22/h1-12,21H,13-19H2,(H,24,26)/b12-11+. The lowest BCUT2D eigenvalue weighted by molar-refractivity contribution is -0.116. The van der Waals surface area contributed by atoms with Crippen LogP contribution in [-0.4, -0.2) is 30.4 Å². The van der Waals surface area contributed by atoms with Crippen LogP contribution in [0.1, 0.15) is 30.4 Å². The zero-order chi connectivity index (χ0) is 18.0. The Labute approximate surface area is 156 Å². The molecule has 0 bridgehead atoms. The zero-order valence-corrected chi connectivity index (χ0v) is 15.3. The molecule has 3 rings (SSSR count). The van der Waals surface area contributed by atoms with E-state index >= 15 is 0 Å². The normalized spacial score (nSPS) is 16.0. The van der Waals surface area contributed by atoms with Crippen LogP contribution in [0, 0.1) is 5.92 Å². The van der Waals surface area contributed by atoms with Crippen LogP contribution in [0.4, 0.5) is 0 Å². The van der Waals surface area contributed by atoms with Crippen molar-refractivity contribution in [3.05, 3.63) is 77.9 Å². The second kappa shape index (κ2) is 9.93. The van der Waals surface area contributed by atoms with Gasteiger partial charge in [-0.15, -0.1) is 0 Å². The molecule has 1 saturated heterocycles. The van der Waals surface area contributed by atoms with Gasteiger partial charge in [-0.3, -0.25) is 9.69 Å². The molecule has 2 aromatic carbocycles. The summed E-state index contributed by atoms with van der Waals surface area (Å²) < 4.78 is 0. The van der Waals surface area contributed by atoms with E-state index in [1.54, 1.807) is 6.08 Å². The topological polar surface area (TPSA) is 32.3 Å². The molecular formula is C23H28N2O. The molecule has 1 heterocycles. The third-order valence-corrected chi connectivity index (χ3v) is 5.03. The van der Waals surface area contributed by atoms with E-state index < -0.39 is 0 Å². The first-order valence-electron chi connectivity index (χ1n) is 9.57. The maximum Gasteiger partial charge on any atom is 0.243 e. The van der Waals surface area contributed by atoms with Crippen molar-refractivity contribution in [2.75, 3.05) is 19.6 Å². The van der Waals surface area contributed by atoms with Crippen LogP contribution in [-0.2, 0) is 11.3 Å². The summed E-state index contributed by atoms with van der Waals surface area (Å²) in [6.45, 7) is 4.12. The Kier molecular flexibility index (Phi) is 7.03. The molecule has 0 aliphatic carbocycles. The number of carbonyl (C=O) groups excluding carboxylic acids is 1. The Bertz CT molecular complexity index is 689. The zero-order valence-electron chi connectivity index (χ0n) is 15.3. The highest BCUT2D eigenvalue weighted by Gasteiger charge is 2.18. The molecule has 0 aromatic heterocycles. The van der Waals surface area contributed by atoms with Crippen LogP contribution in [0.5, 0.6) is 0 Å². The number of nitrogens with zero attached hydrogens (tertiary/aromatic N) is 1. The fraction of sp³-hybridized carbons (Fsp3) is 0.348. The molecular weight excluding hydrogens is 320 g/mol. The van der Waals surface area contributed by atoms with Crippen molar-refractivity contribution in [1.82, 2.24) is 10.2 Å². The van der Waals surface area contributed by atoms with Gasteiger partial charge < -0.3 is 5.32 Å². The lowest BCUT2D eigenvalue weighted by atomic mass is 9.93. The van der Waals surface area contributed by atoms with Crippen molar-refractivity contribution in [3.63, 3.8) is 0 Å². The van der Waals surface area contributed by atoms with E-state index in [9.17, 15) is 4.79 Å². The Balaban J connectivity index is 1.31. The first-order valence-corrected chi connectivity index (χ1v) is 9.57. The number of carbonyl (C=O) groups is 1. The van der Waals surface area contributed by atoms with Crippen molar-refractivity contribution < 1.29 is 4.79 Å². The monoisotopic (exact) mass is 348 g/mol. The minimum atomic E-state index is -0.00429. The summed E-state index contributed by atoms with van der Waals surface area (Å²) in [6.07, 6.45) is 7.00. The van der Waals surface area contributed by atoms with Gasteiger partial charge >= 0.3 is 0 Å². The number of likely N-dealkylation sites (tertiary alicyclic amines) is 1. The van der Waals surface area contributed by atoms with Gasteiger partial charge in [-0.25, -0.2) is 0 Å². The largest absolute Gasteiger partial charge is 0.353 e. The maximum absolute atomic E-state index is 11.9. The number of hydrogen-bond acceptors (Lipinski definition) is 2. The summed E-state index contributed by atoms with van der Waals surface area (Å²) in [5.74, 6) is 0.718. The first-order chi connectivity index (χ1) is 12.8. The molecule has 1 amide bonds. The fourth-order valence-electron chi connectivity index (χ4n) is 3.47. The van der Waals surface area contributed by atoms with Crippen molar-refractivity contribution in [2.24, 2.45) is 5.92 Å². The van der Waals surface area contributed by atoms with E-state index in [4.69, 9.17) is 0 Å². The third-order valence-electron chi connectivity index (χ3n) is 5.03. The van der Waals surface area contributed by atoms with Gasteiger partial charge in [0.25, 0.3) is 0 Å². The number of benzene rings is 2. The SMILES string of the molecule is O=C(/C=C/c1ccccc1)NCCC1CCN(Cc2ccccc2)CC1. The molecule has 136 valence electrons. The molecule has 1 aliphatic rings. The number of hydrogen-bond donors (Lipinski definition) is 1. The van der Waals surface area contributed by atoms with Crippen molar-refractivity contribution in [2.45, 2.75) is 25.8 Å². The highest BCUT2D eigenvalue weighted by molar-refractivity contribution is 5.91. The second-order valence-electron chi connectivity index (χ2n) is 7.03. The minimum Gasteiger partial charge on any atom is -0.353 e. The highest BCUT2D eigenvalue weighted by Crippen LogP contribution is 2.21. The molecule has 2 aromatic rings. The summed E-state index contributed by atoms with van der Waals surface area (Å²) in [5, 5.41) is 3.01. The number of nitrogens with one attached hydrogen (secondary N) is 1. The van der Waals surface area contributed by atoms with Gasteiger partial charge in [0.15, 0.2) is 0 Å². The smallest absolute Gasteiger partial charge is 0.243 e. The van der Waals surface area contributed by atoms with Crippen LogP contribution < -0.4 is 5.32 Å². The Morgan fingerprint density at radius 3 is 2.35 bits per heavy atom. The Hall–Kier alpha value is -2.39. The summed E-state index contributed by atoms with van der Waals surface area (Å²) in [6, 6.07) is 20.6. The van der Waals surface area contributed by atoms with Gasteiger partial charge in [0.05, 0.1) is 0 Å². The predicted molar refractivity (Wildman–Crippen MR) is 108 cm³/mol. The van der Waals surface area contributed by atoms with E-state index in [1.165, 1.54) is 18.4 Å². The van der Waals surface area contributed by atoms with Gasteiger partial charge in [-0.2, -0.15) is 0 Å². The quantitative estimate of drug-likeness (QED) is 0.764. The van der Waals surface area contributed by atoms with E-state index in [2.05, 4.69) is 40.5 Å². The summed E-state index contributed by atoms with van der Waals surface area (Å²) in [4.78, 5) is 14.4. The van der Waals surface area contributed by atoms with Gasteiger partial charge in [-0.1, -0.05) is 60.7 Å². The Morgan fingerprint density at radius 1 is 1.00 bits per heavy atom. The maximum atomic E-state index is 11.9. The predicted octanol–water partition coefficient (Wildman–Crippen LogP) is 4.12. The molecule has 0 spiro atoms. The fourth-order valence-corrected chi connectivity index (χ4v) is 3.47. The lowest BCUT2D eigenvalue weighted by Gasteiger charge is -2.32. The second-order valence-corrected chi connectivity index (χ2v) is 7.03. The molecule has 1 fully saturated rings. The van der Waals surface area contributed by atoms with E-state index in [-0.39, 0.29) is 5.91 Å². The van der Waals surface area contributed by atoms with Gasteiger partial charge in [0.1, 0.15) is 0 Å². The minimum absolute atomic E-state index is 0.00429. The van der Waals surface area contributed by atoms with Crippen LogP contribution in [0.15, 0.2) is 66.7 Å². The number of piperidine rings is 1. The van der Waals surface area contributed by atoms with Crippen LogP contribution in [0.25, 0.3) is 6.08 Å². The Morgan fingerprint density at radius 2 is 1.65 bits per heavy atom. The molecule has 3 heteroatoms. The highest BCUT2D eigenvalue weighted by atomic mass is 16.1. The molecule has 0 atom stereocenters. The van der Waals surface area contributed by atoms with Crippen LogP contribution in [0.2, 0.25) is 0 Å². The summed E-state index contributed by atoms with van der Waals surface area (Å²) in [5.41, 5.74) is 2.44. The molecule has 0 saturated carbocycles. The molecule has 26 heavy (non-hydrogen) atoms. The van der Waals surface area contributed by atoms with E-state index in [0.717, 1.165) is 44.1 Å². The van der Waals surface area contributed by atoms with Gasteiger partial charge in [0.2, 0.25) is 5.91 Å². The van der Waals surface area contributed by atoms with Gasteiger partial charge in [-0.05, 0) is 55.5 Å². The number of rotatable bonds is 7. The van der Waals surface area contributed by atoms with E-state index in [0.29, 0.717) is 0 Å². The number of amides is 1. The van der Waals surface area contributed by atoms with Crippen LogP contribution >= 0.6 is 0 Å². The molecule has 0 radical (unpaired) electrons. The van der Waals surface area contributed by atoms with Crippen molar-refractivity contribution in [1.29, 1.82) is 0 Å². The summed E-state index contributed by atoms with van der Waals surface area (Å²) >= 11 is 0. The average molecular weight is 348 g/mol. The molecule has 3 nitrogen and oxygen atoms in total. The molecule has 1 aliphatic heterocycles. The third kappa shape index (κ3) is 6.16. The van der Waals surface area contributed by atoms with E-state index in [1.807, 2.05) is 36.4 Å².